The summed E-state index contributed by atoms with van der Waals surface area (Å²) >= 11 is 0. The van der Waals surface area contributed by atoms with Crippen molar-refractivity contribution in [1.82, 2.24) is 14.9 Å². The van der Waals surface area contributed by atoms with Crippen LogP contribution in [-0.2, 0) is 4.74 Å². The van der Waals surface area contributed by atoms with Gasteiger partial charge in [-0.3, -0.25) is 4.90 Å². The van der Waals surface area contributed by atoms with Gasteiger partial charge in [-0.25, -0.2) is 9.97 Å². The highest BCUT2D eigenvalue weighted by molar-refractivity contribution is 5.87. The molecule has 0 unspecified atom stereocenters. The smallest absolute Gasteiger partial charge is 0.121 e. The van der Waals surface area contributed by atoms with E-state index in [4.69, 9.17) is 24.2 Å². The lowest BCUT2D eigenvalue weighted by atomic mass is 10.2. The molecular formula is C23H29N3O3. The van der Waals surface area contributed by atoms with Gasteiger partial charge in [0, 0.05) is 31.8 Å². The van der Waals surface area contributed by atoms with Crippen LogP contribution in [0.5, 0.6) is 11.5 Å². The highest BCUT2D eigenvalue weighted by Gasteiger charge is 2.10. The van der Waals surface area contributed by atoms with Crippen molar-refractivity contribution in [1.29, 1.82) is 0 Å². The van der Waals surface area contributed by atoms with Crippen LogP contribution in [0, 0.1) is 5.92 Å². The molecule has 2 heterocycles. The van der Waals surface area contributed by atoms with Crippen LogP contribution in [0.3, 0.4) is 0 Å². The van der Waals surface area contributed by atoms with Crippen molar-refractivity contribution in [3.8, 4) is 11.5 Å². The second kappa shape index (κ2) is 9.37. The summed E-state index contributed by atoms with van der Waals surface area (Å²) in [7, 11) is 0. The number of hydrogen-bond donors (Lipinski definition) is 0. The van der Waals surface area contributed by atoms with Crippen molar-refractivity contribution in [2.75, 3.05) is 46.1 Å². The molecule has 29 heavy (non-hydrogen) atoms. The predicted octanol–water partition coefficient (Wildman–Crippen LogP) is 3.92. The summed E-state index contributed by atoms with van der Waals surface area (Å²) in [5, 5.41) is 0. The molecule has 0 saturated carbocycles. The quantitative estimate of drug-likeness (QED) is 0.426. The fourth-order valence-corrected chi connectivity index (χ4v) is 3.38. The first kappa shape index (κ1) is 19.9. The molecule has 2 aromatic carbocycles. The highest BCUT2D eigenvalue weighted by Crippen LogP contribution is 2.24. The van der Waals surface area contributed by atoms with Gasteiger partial charge in [0.05, 0.1) is 48.5 Å². The van der Waals surface area contributed by atoms with Gasteiger partial charge >= 0.3 is 0 Å². The molecule has 1 aliphatic rings. The molecule has 0 aliphatic carbocycles. The molecule has 4 rings (SSSR count). The molecule has 1 saturated heterocycles. The third kappa shape index (κ3) is 5.34. The predicted molar refractivity (Wildman–Crippen MR) is 115 cm³/mol. The molecule has 0 spiro atoms. The maximum absolute atomic E-state index is 5.96. The fraction of sp³-hybridized carbons (Fsp3) is 0.478. The van der Waals surface area contributed by atoms with Gasteiger partial charge in [0.2, 0.25) is 0 Å². The van der Waals surface area contributed by atoms with Crippen LogP contribution in [0.25, 0.3) is 22.1 Å². The van der Waals surface area contributed by atoms with Gasteiger partial charge in [-0.05, 0) is 36.6 Å². The summed E-state index contributed by atoms with van der Waals surface area (Å²) in [6, 6.07) is 11.8. The molecule has 154 valence electrons. The molecule has 1 fully saturated rings. The van der Waals surface area contributed by atoms with E-state index in [0.717, 1.165) is 72.8 Å². The Balaban J connectivity index is 1.41. The van der Waals surface area contributed by atoms with Crippen molar-refractivity contribution >= 4 is 22.1 Å². The molecule has 0 bridgehead atoms. The SMILES string of the molecule is CC(C)COc1ccc2nc3ccc(OCCCN4CCOCC4)cc3nc2c1. The van der Waals surface area contributed by atoms with Crippen LogP contribution >= 0.6 is 0 Å². The average molecular weight is 396 g/mol. The zero-order valence-corrected chi connectivity index (χ0v) is 17.3. The molecule has 6 nitrogen and oxygen atoms in total. The zero-order valence-electron chi connectivity index (χ0n) is 17.3. The van der Waals surface area contributed by atoms with Crippen molar-refractivity contribution in [3.63, 3.8) is 0 Å². The summed E-state index contributed by atoms with van der Waals surface area (Å²) in [6.45, 7) is 10.4. The Kier molecular flexibility index (Phi) is 6.42. The molecule has 3 aromatic rings. The van der Waals surface area contributed by atoms with Gasteiger partial charge < -0.3 is 14.2 Å². The number of fused-ring (bicyclic) bond motifs is 2. The second-order valence-corrected chi connectivity index (χ2v) is 7.89. The first-order valence-electron chi connectivity index (χ1n) is 10.4. The Bertz CT molecular complexity index is 955. The van der Waals surface area contributed by atoms with Crippen LogP contribution < -0.4 is 9.47 Å². The molecule has 0 radical (unpaired) electrons. The molecule has 0 atom stereocenters. The molecular weight excluding hydrogens is 366 g/mol. The van der Waals surface area contributed by atoms with E-state index < -0.39 is 0 Å². The van der Waals surface area contributed by atoms with Gasteiger partial charge in [-0.2, -0.15) is 0 Å². The highest BCUT2D eigenvalue weighted by atomic mass is 16.5. The van der Waals surface area contributed by atoms with Crippen LogP contribution in [-0.4, -0.2) is 60.9 Å². The van der Waals surface area contributed by atoms with E-state index in [1.54, 1.807) is 0 Å². The average Bonchev–Trinajstić information content (AvgIpc) is 2.74. The normalized spacial score (nSPS) is 15.3. The van der Waals surface area contributed by atoms with Crippen molar-refractivity contribution in [2.24, 2.45) is 5.92 Å². The largest absolute Gasteiger partial charge is 0.493 e. The van der Waals surface area contributed by atoms with E-state index in [0.29, 0.717) is 19.1 Å². The standard InChI is InChI=1S/C23H29N3O3/c1-17(2)16-29-19-5-7-21-23(15-19)25-22-14-18(4-6-20(22)24-21)28-11-3-8-26-9-12-27-13-10-26/h4-7,14-15,17H,3,8-13,16H2,1-2H3. The zero-order chi connectivity index (χ0) is 20.1. The van der Waals surface area contributed by atoms with E-state index in [1.165, 1.54) is 0 Å². The fourth-order valence-electron chi connectivity index (χ4n) is 3.38. The minimum atomic E-state index is 0.483. The lowest BCUT2D eigenvalue weighted by Crippen LogP contribution is -2.37. The lowest BCUT2D eigenvalue weighted by Gasteiger charge is -2.26. The number of morpholine rings is 1. The number of rotatable bonds is 8. The molecule has 6 heteroatoms. The molecule has 1 aliphatic heterocycles. The lowest BCUT2D eigenvalue weighted by molar-refractivity contribution is 0.0358. The van der Waals surface area contributed by atoms with E-state index in [9.17, 15) is 0 Å². The number of hydrogen-bond acceptors (Lipinski definition) is 6. The maximum atomic E-state index is 5.96. The van der Waals surface area contributed by atoms with E-state index in [1.807, 2.05) is 36.4 Å². The minimum Gasteiger partial charge on any atom is -0.493 e. The number of nitrogens with zero attached hydrogens (tertiary/aromatic N) is 3. The first-order valence-corrected chi connectivity index (χ1v) is 10.4. The topological polar surface area (TPSA) is 56.7 Å². The van der Waals surface area contributed by atoms with Crippen LogP contribution in [0.4, 0.5) is 0 Å². The Hall–Kier alpha value is -2.44. The summed E-state index contributed by atoms with van der Waals surface area (Å²) < 4.78 is 17.2. The summed E-state index contributed by atoms with van der Waals surface area (Å²) in [5.41, 5.74) is 3.41. The number of benzene rings is 2. The third-order valence-electron chi connectivity index (χ3n) is 4.95. The van der Waals surface area contributed by atoms with Crippen LogP contribution in [0.2, 0.25) is 0 Å². The van der Waals surface area contributed by atoms with Gasteiger partial charge in [-0.1, -0.05) is 13.8 Å². The first-order chi connectivity index (χ1) is 14.2. The maximum Gasteiger partial charge on any atom is 0.121 e. The summed E-state index contributed by atoms with van der Waals surface area (Å²) in [6.07, 6.45) is 0.998. The Morgan fingerprint density at radius 3 is 2.17 bits per heavy atom. The van der Waals surface area contributed by atoms with Crippen molar-refractivity contribution < 1.29 is 14.2 Å². The minimum absolute atomic E-state index is 0.483. The van der Waals surface area contributed by atoms with Gasteiger partial charge in [-0.15, -0.1) is 0 Å². The Labute approximate surface area is 171 Å². The monoisotopic (exact) mass is 395 g/mol. The summed E-state index contributed by atoms with van der Waals surface area (Å²) in [4.78, 5) is 11.9. The van der Waals surface area contributed by atoms with E-state index in [-0.39, 0.29) is 0 Å². The molecule has 0 N–H and O–H groups in total. The number of ether oxygens (including phenoxy) is 3. The Morgan fingerprint density at radius 1 is 0.897 bits per heavy atom. The molecule has 1 aromatic heterocycles. The van der Waals surface area contributed by atoms with Gasteiger partial charge in [0.15, 0.2) is 0 Å². The van der Waals surface area contributed by atoms with Crippen molar-refractivity contribution in [2.45, 2.75) is 20.3 Å². The molecule has 0 amide bonds. The van der Waals surface area contributed by atoms with Crippen LogP contribution in [0.15, 0.2) is 36.4 Å². The van der Waals surface area contributed by atoms with Gasteiger partial charge in [0.25, 0.3) is 0 Å². The number of aromatic nitrogens is 2. The van der Waals surface area contributed by atoms with E-state index >= 15 is 0 Å². The van der Waals surface area contributed by atoms with E-state index in [2.05, 4.69) is 18.7 Å². The summed E-state index contributed by atoms with van der Waals surface area (Å²) in [5.74, 6) is 2.15. The van der Waals surface area contributed by atoms with Crippen LogP contribution in [0.1, 0.15) is 20.3 Å². The van der Waals surface area contributed by atoms with Crippen molar-refractivity contribution in [3.05, 3.63) is 36.4 Å². The van der Waals surface area contributed by atoms with Gasteiger partial charge in [0.1, 0.15) is 11.5 Å². The third-order valence-corrected chi connectivity index (χ3v) is 4.95. The Morgan fingerprint density at radius 2 is 1.52 bits per heavy atom. The second-order valence-electron chi connectivity index (χ2n) is 7.89.